The van der Waals surface area contributed by atoms with Crippen LogP contribution in [0.1, 0.15) is 19.2 Å². The lowest BCUT2D eigenvalue weighted by atomic mass is 10.2. The lowest BCUT2D eigenvalue weighted by Gasteiger charge is -2.20. The first kappa shape index (κ1) is 23.3. The van der Waals surface area contributed by atoms with Crippen molar-refractivity contribution in [1.82, 2.24) is 25.1 Å². The number of anilines is 1. The van der Waals surface area contributed by atoms with Gasteiger partial charge in [-0.2, -0.15) is 18.3 Å². The number of nitrogens with zero attached hydrogens (tertiary/aromatic N) is 5. The van der Waals surface area contributed by atoms with Gasteiger partial charge in [0.15, 0.2) is 18.1 Å². The van der Waals surface area contributed by atoms with Gasteiger partial charge in [0.25, 0.3) is 5.91 Å². The summed E-state index contributed by atoms with van der Waals surface area (Å²) in [6.45, 7) is 3.91. The van der Waals surface area contributed by atoms with Crippen LogP contribution in [0.25, 0.3) is 0 Å². The molecule has 0 spiro atoms. The van der Waals surface area contributed by atoms with Gasteiger partial charge in [-0.1, -0.05) is 6.07 Å². The van der Waals surface area contributed by atoms with Crippen LogP contribution in [0.2, 0.25) is 0 Å². The number of ether oxygens (including phenoxy) is 2. The number of amides is 1. The van der Waals surface area contributed by atoms with Crippen LogP contribution in [0.4, 0.5) is 18.9 Å². The molecule has 1 aliphatic heterocycles. The summed E-state index contributed by atoms with van der Waals surface area (Å²) in [5.41, 5.74) is 0.866. The van der Waals surface area contributed by atoms with E-state index in [-0.39, 0.29) is 24.3 Å². The molecule has 0 bridgehead atoms. The van der Waals surface area contributed by atoms with Crippen molar-refractivity contribution in [2.24, 2.45) is 0 Å². The minimum Gasteiger partial charge on any atom is -0.480 e. The summed E-state index contributed by atoms with van der Waals surface area (Å²) < 4.78 is 50.6. The Morgan fingerprint density at radius 1 is 1.18 bits per heavy atom. The van der Waals surface area contributed by atoms with Gasteiger partial charge in [-0.3, -0.25) is 9.48 Å². The number of hydrogen-bond acceptors (Lipinski definition) is 7. The molecule has 1 atom stereocenters. The molecule has 3 aromatic rings. The van der Waals surface area contributed by atoms with E-state index in [1.807, 2.05) is 13.0 Å². The molecule has 0 aliphatic carbocycles. The van der Waals surface area contributed by atoms with Crippen molar-refractivity contribution in [3.05, 3.63) is 54.9 Å². The van der Waals surface area contributed by atoms with Gasteiger partial charge >= 0.3 is 6.18 Å². The fourth-order valence-electron chi connectivity index (χ4n) is 3.52. The Balaban J connectivity index is 1.29. The first-order chi connectivity index (χ1) is 16.3. The standard InChI is InChI=1S/C22H23F3N6O3/c1-2-31-13-19(11-28-31)33-14-20(32)29-15-6-7-30(12-15)16-4-3-5-17(8-16)34-18-9-26-21(27-10-18)22(23,24)25/h3-5,8-11,13,15H,2,6-7,12,14H2,1H3,(H,29,32)/t15-/m0/s1. The molecular weight excluding hydrogens is 453 g/mol. The normalized spacial score (nSPS) is 15.9. The van der Waals surface area contributed by atoms with Crippen LogP contribution < -0.4 is 19.7 Å². The van der Waals surface area contributed by atoms with Gasteiger partial charge in [-0.25, -0.2) is 9.97 Å². The van der Waals surface area contributed by atoms with E-state index in [2.05, 4.69) is 25.3 Å². The number of nitrogens with one attached hydrogen (secondary N) is 1. The largest absolute Gasteiger partial charge is 0.480 e. The molecule has 1 aliphatic rings. The first-order valence-corrected chi connectivity index (χ1v) is 10.7. The highest BCUT2D eigenvalue weighted by molar-refractivity contribution is 5.78. The Bertz CT molecular complexity index is 1120. The molecular formula is C22H23F3N6O3. The zero-order valence-electron chi connectivity index (χ0n) is 18.3. The number of benzene rings is 1. The lowest BCUT2D eigenvalue weighted by molar-refractivity contribution is -0.145. The Kier molecular flexibility index (Phi) is 6.85. The molecule has 9 nitrogen and oxygen atoms in total. The van der Waals surface area contributed by atoms with Crippen molar-refractivity contribution < 1.29 is 27.4 Å². The summed E-state index contributed by atoms with van der Waals surface area (Å²) in [5, 5.41) is 7.07. The Morgan fingerprint density at radius 2 is 1.97 bits per heavy atom. The van der Waals surface area contributed by atoms with Crippen LogP contribution in [0, 0.1) is 0 Å². The number of halogens is 3. The minimum atomic E-state index is -4.61. The van der Waals surface area contributed by atoms with Crippen molar-refractivity contribution in [3.63, 3.8) is 0 Å². The van der Waals surface area contributed by atoms with Crippen molar-refractivity contribution >= 4 is 11.6 Å². The van der Waals surface area contributed by atoms with E-state index in [0.29, 0.717) is 18.0 Å². The molecule has 1 amide bonds. The van der Waals surface area contributed by atoms with Crippen LogP contribution in [-0.4, -0.2) is 51.4 Å². The summed E-state index contributed by atoms with van der Waals surface area (Å²) >= 11 is 0. The van der Waals surface area contributed by atoms with Crippen LogP contribution in [0.15, 0.2) is 49.1 Å². The zero-order chi connectivity index (χ0) is 24.1. The van der Waals surface area contributed by atoms with Crippen LogP contribution in [-0.2, 0) is 17.5 Å². The van der Waals surface area contributed by atoms with Gasteiger partial charge < -0.3 is 19.7 Å². The molecule has 0 saturated carbocycles. The topological polar surface area (TPSA) is 94.4 Å². The second-order valence-electron chi connectivity index (χ2n) is 7.66. The number of alkyl halides is 3. The second-order valence-corrected chi connectivity index (χ2v) is 7.66. The highest BCUT2D eigenvalue weighted by atomic mass is 19.4. The zero-order valence-corrected chi connectivity index (χ0v) is 18.3. The molecule has 1 saturated heterocycles. The number of rotatable bonds is 8. The molecule has 1 fully saturated rings. The van der Waals surface area contributed by atoms with Gasteiger partial charge in [-0.05, 0) is 25.5 Å². The third-order valence-corrected chi connectivity index (χ3v) is 5.16. The van der Waals surface area contributed by atoms with Crippen molar-refractivity contribution in [1.29, 1.82) is 0 Å². The van der Waals surface area contributed by atoms with E-state index < -0.39 is 12.0 Å². The average Bonchev–Trinajstić information content (AvgIpc) is 3.47. The molecule has 4 rings (SSSR count). The van der Waals surface area contributed by atoms with Gasteiger partial charge in [-0.15, -0.1) is 0 Å². The molecule has 180 valence electrons. The maximum Gasteiger partial charge on any atom is 0.451 e. The van der Waals surface area contributed by atoms with Crippen LogP contribution in [0.3, 0.4) is 0 Å². The Hall–Kier alpha value is -3.83. The summed E-state index contributed by atoms with van der Waals surface area (Å²) in [7, 11) is 0. The van der Waals surface area contributed by atoms with Crippen molar-refractivity contribution in [2.45, 2.75) is 32.1 Å². The summed E-state index contributed by atoms with van der Waals surface area (Å²) in [6, 6.07) is 7.10. The smallest absolute Gasteiger partial charge is 0.451 e. The fourth-order valence-corrected chi connectivity index (χ4v) is 3.52. The Labute approximate surface area is 193 Å². The monoisotopic (exact) mass is 476 g/mol. The second kappa shape index (κ2) is 9.98. The van der Waals surface area contributed by atoms with E-state index in [1.54, 1.807) is 35.3 Å². The molecule has 12 heteroatoms. The minimum absolute atomic E-state index is 0.0395. The van der Waals surface area contributed by atoms with Gasteiger partial charge in [0.2, 0.25) is 5.82 Å². The highest BCUT2D eigenvalue weighted by Crippen LogP contribution is 2.29. The quantitative estimate of drug-likeness (QED) is 0.533. The van der Waals surface area contributed by atoms with Crippen LogP contribution in [0.5, 0.6) is 17.2 Å². The van der Waals surface area contributed by atoms with Crippen molar-refractivity contribution in [3.8, 4) is 17.2 Å². The van der Waals surface area contributed by atoms with Crippen LogP contribution >= 0.6 is 0 Å². The highest BCUT2D eigenvalue weighted by Gasteiger charge is 2.34. The maximum atomic E-state index is 12.6. The van der Waals surface area contributed by atoms with E-state index in [0.717, 1.165) is 37.6 Å². The van der Waals surface area contributed by atoms with E-state index >= 15 is 0 Å². The molecule has 1 aromatic carbocycles. The number of carbonyl (C=O) groups excluding carboxylic acids is 1. The number of aryl methyl sites for hydroxylation is 1. The number of aromatic nitrogens is 4. The van der Waals surface area contributed by atoms with Crippen molar-refractivity contribution in [2.75, 3.05) is 24.6 Å². The molecule has 1 N–H and O–H groups in total. The maximum absolute atomic E-state index is 12.6. The van der Waals surface area contributed by atoms with E-state index in [1.165, 1.54) is 0 Å². The van der Waals surface area contributed by atoms with Gasteiger partial charge in [0.05, 0.1) is 24.8 Å². The molecule has 0 unspecified atom stereocenters. The third-order valence-electron chi connectivity index (χ3n) is 5.16. The first-order valence-electron chi connectivity index (χ1n) is 10.7. The predicted octanol–water partition coefficient (Wildman–Crippen LogP) is 3.28. The van der Waals surface area contributed by atoms with E-state index in [4.69, 9.17) is 9.47 Å². The number of hydrogen-bond donors (Lipinski definition) is 1. The molecule has 3 heterocycles. The summed E-state index contributed by atoms with van der Waals surface area (Å²) in [6.07, 6.45) is 1.43. The number of carbonyl (C=O) groups is 1. The van der Waals surface area contributed by atoms with Gasteiger partial charge in [0, 0.05) is 37.4 Å². The van der Waals surface area contributed by atoms with Gasteiger partial charge in [0.1, 0.15) is 5.75 Å². The van der Waals surface area contributed by atoms with E-state index in [9.17, 15) is 18.0 Å². The molecule has 2 aromatic heterocycles. The SMILES string of the molecule is CCn1cc(OCC(=O)N[C@H]2CCN(c3cccc(Oc4cnc(C(F)(F)F)nc4)c3)C2)cn1. The summed E-state index contributed by atoms with van der Waals surface area (Å²) in [5.74, 6) is -0.355. The fraction of sp³-hybridized carbons (Fsp3) is 0.364. The lowest BCUT2D eigenvalue weighted by Crippen LogP contribution is -2.39. The molecule has 34 heavy (non-hydrogen) atoms. The average molecular weight is 476 g/mol. The molecule has 0 radical (unpaired) electrons. The predicted molar refractivity (Wildman–Crippen MR) is 116 cm³/mol. The summed E-state index contributed by atoms with van der Waals surface area (Å²) in [4.78, 5) is 20.9. The Morgan fingerprint density at radius 3 is 2.68 bits per heavy atom. The third kappa shape index (κ3) is 5.94.